The molecule has 72 valence electrons. The third kappa shape index (κ3) is 1.82. The molecule has 1 saturated carbocycles. The van der Waals surface area contributed by atoms with E-state index in [0.29, 0.717) is 11.9 Å². The summed E-state index contributed by atoms with van der Waals surface area (Å²) in [5.41, 5.74) is 5.47. The van der Waals surface area contributed by atoms with Crippen molar-refractivity contribution in [3.8, 4) is 0 Å². The first kappa shape index (κ1) is 8.53. The van der Waals surface area contributed by atoms with Gasteiger partial charge in [-0.25, -0.2) is 0 Å². The molecule has 1 fully saturated rings. The minimum atomic E-state index is 0.369. The summed E-state index contributed by atoms with van der Waals surface area (Å²) in [5, 5.41) is 6.77. The van der Waals surface area contributed by atoms with Crippen LogP contribution >= 0.6 is 0 Å². The average molecular weight is 180 g/mol. The Bertz CT molecular complexity index is 281. The summed E-state index contributed by atoms with van der Waals surface area (Å²) in [6.07, 6.45) is 5.08. The number of aromatic amines is 1. The first-order chi connectivity index (χ1) is 6.25. The van der Waals surface area contributed by atoms with Crippen LogP contribution in [0.4, 0.5) is 5.95 Å². The number of rotatable bonds is 1. The molecule has 1 aromatic rings. The Labute approximate surface area is 77.9 Å². The summed E-state index contributed by atoms with van der Waals surface area (Å²) in [6.45, 7) is 2.30. The highest BCUT2D eigenvalue weighted by Gasteiger charge is 2.22. The molecular formula is C9H16N4. The zero-order valence-electron chi connectivity index (χ0n) is 7.95. The Morgan fingerprint density at radius 3 is 2.92 bits per heavy atom. The molecule has 0 aliphatic heterocycles. The van der Waals surface area contributed by atoms with Gasteiger partial charge in [-0.3, -0.25) is 5.10 Å². The van der Waals surface area contributed by atoms with Crippen molar-refractivity contribution < 1.29 is 0 Å². The van der Waals surface area contributed by atoms with Gasteiger partial charge in [0.2, 0.25) is 5.95 Å². The lowest BCUT2D eigenvalue weighted by atomic mass is 9.82. The highest BCUT2D eigenvalue weighted by atomic mass is 15.3. The van der Waals surface area contributed by atoms with E-state index in [4.69, 9.17) is 5.73 Å². The van der Waals surface area contributed by atoms with Crippen LogP contribution in [0.2, 0.25) is 0 Å². The SMILES string of the molecule is CC1CCCC(c2nc(N)n[nH]2)C1. The molecule has 4 heteroatoms. The summed E-state index contributed by atoms with van der Waals surface area (Å²) < 4.78 is 0. The smallest absolute Gasteiger partial charge is 0.239 e. The van der Waals surface area contributed by atoms with Gasteiger partial charge in [-0.05, 0) is 18.8 Å². The number of nitrogen functional groups attached to an aromatic ring is 1. The molecule has 2 rings (SSSR count). The van der Waals surface area contributed by atoms with Crippen LogP contribution in [0.5, 0.6) is 0 Å². The van der Waals surface area contributed by atoms with E-state index in [1.54, 1.807) is 0 Å². The number of hydrogen-bond donors (Lipinski definition) is 2. The molecule has 0 amide bonds. The van der Waals surface area contributed by atoms with E-state index in [-0.39, 0.29) is 0 Å². The van der Waals surface area contributed by atoms with Gasteiger partial charge < -0.3 is 5.73 Å². The van der Waals surface area contributed by atoms with E-state index < -0.39 is 0 Å². The molecule has 2 atom stereocenters. The molecule has 0 radical (unpaired) electrons. The number of nitrogens with zero attached hydrogens (tertiary/aromatic N) is 2. The standard InChI is InChI=1S/C9H16N4/c1-6-3-2-4-7(5-6)8-11-9(10)13-12-8/h6-7H,2-5H2,1H3,(H3,10,11,12,13). The minimum absolute atomic E-state index is 0.369. The Hall–Kier alpha value is -1.06. The summed E-state index contributed by atoms with van der Waals surface area (Å²) in [4.78, 5) is 4.18. The Kier molecular flexibility index (Phi) is 2.20. The molecular weight excluding hydrogens is 164 g/mol. The third-order valence-electron chi connectivity index (χ3n) is 2.84. The molecule has 0 saturated heterocycles. The summed E-state index contributed by atoms with van der Waals surface area (Å²) in [6, 6.07) is 0. The topological polar surface area (TPSA) is 67.6 Å². The highest BCUT2D eigenvalue weighted by Crippen LogP contribution is 2.34. The molecule has 3 N–H and O–H groups in total. The number of H-pyrrole nitrogens is 1. The molecule has 13 heavy (non-hydrogen) atoms. The summed E-state index contributed by atoms with van der Waals surface area (Å²) >= 11 is 0. The maximum atomic E-state index is 5.47. The van der Waals surface area contributed by atoms with Crippen molar-refractivity contribution in [2.75, 3.05) is 5.73 Å². The first-order valence-electron chi connectivity index (χ1n) is 4.93. The van der Waals surface area contributed by atoms with Gasteiger partial charge in [0, 0.05) is 5.92 Å². The fraction of sp³-hybridized carbons (Fsp3) is 0.778. The Balaban J connectivity index is 2.08. The van der Waals surface area contributed by atoms with Crippen molar-refractivity contribution in [2.45, 2.75) is 38.5 Å². The van der Waals surface area contributed by atoms with Gasteiger partial charge in [0.15, 0.2) is 0 Å². The van der Waals surface area contributed by atoms with Crippen molar-refractivity contribution in [2.24, 2.45) is 5.92 Å². The summed E-state index contributed by atoms with van der Waals surface area (Å²) in [7, 11) is 0. The second kappa shape index (κ2) is 3.36. The van der Waals surface area contributed by atoms with E-state index in [2.05, 4.69) is 22.1 Å². The maximum absolute atomic E-state index is 5.47. The van der Waals surface area contributed by atoms with Gasteiger partial charge in [0.1, 0.15) is 5.82 Å². The molecule has 0 aromatic carbocycles. The van der Waals surface area contributed by atoms with Gasteiger partial charge in [0.25, 0.3) is 0 Å². The normalized spacial score (nSPS) is 29.0. The Morgan fingerprint density at radius 2 is 2.31 bits per heavy atom. The number of anilines is 1. The minimum Gasteiger partial charge on any atom is -0.367 e. The number of nitrogens with two attached hydrogens (primary N) is 1. The monoisotopic (exact) mass is 180 g/mol. The molecule has 1 aliphatic carbocycles. The molecule has 1 aliphatic rings. The highest BCUT2D eigenvalue weighted by molar-refractivity contribution is 5.14. The van der Waals surface area contributed by atoms with Gasteiger partial charge in [-0.15, -0.1) is 5.10 Å². The molecule has 4 nitrogen and oxygen atoms in total. The Morgan fingerprint density at radius 1 is 1.46 bits per heavy atom. The predicted molar refractivity (Wildman–Crippen MR) is 51.2 cm³/mol. The molecule has 1 aromatic heterocycles. The van der Waals surface area contributed by atoms with Crippen molar-refractivity contribution in [3.05, 3.63) is 5.82 Å². The predicted octanol–water partition coefficient (Wildman–Crippen LogP) is 1.68. The van der Waals surface area contributed by atoms with Crippen LogP contribution < -0.4 is 5.73 Å². The van der Waals surface area contributed by atoms with Gasteiger partial charge in [-0.2, -0.15) is 4.98 Å². The van der Waals surface area contributed by atoms with Crippen LogP contribution in [-0.4, -0.2) is 15.2 Å². The van der Waals surface area contributed by atoms with Gasteiger partial charge >= 0.3 is 0 Å². The fourth-order valence-electron chi connectivity index (χ4n) is 2.15. The first-order valence-corrected chi connectivity index (χ1v) is 4.93. The molecule has 0 spiro atoms. The number of aromatic nitrogens is 3. The summed E-state index contributed by atoms with van der Waals surface area (Å²) in [5.74, 6) is 2.70. The van der Waals surface area contributed by atoms with Crippen molar-refractivity contribution >= 4 is 5.95 Å². The van der Waals surface area contributed by atoms with E-state index in [1.807, 2.05) is 0 Å². The van der Waals surface area contributed by atoms with Crippen LogP contribution in [-0.2, 0) is 0 Å². The van der Waals surface area contributed by atoms with Crippen molar-refractivity contribution in [1.82, 2.24) is 15.2 Å². The van der Waals surface area contributed by atoms with Gasteiger partial charge in [0.05, 0.1) is 0 Å². The van der Waals surface area contributed by atoms with Crippen molar-refractivity contribution in [1.29, 1.82) is 0 Å². The van der Waals surface area contributed by atoms with Crippen LogP contribution in [0.25, 0.3) is 0 Å². The fourth-order valence-corrected chi connectivity index (χ4v) is 2.15. The molecule has 1 heterocycles. The zero-order chi connectivity index (χ0) is 9.26. The largest absolute Gasteiger partial charge is 0.367 e. The molecule has 0 bridgehead atoms. The lowest BCUT2D eigenvalue weighted by molar-refractivity contribution is 0.336. The number of hydrogen-bond acceptors (Lipinski definition) is 3. The van der Waals surface area contributed by atoms with Gasteiger partial charge in [-0.1, -0.05) is 19.8 Å². The van der Waals surface area contributed by atoms with Crippen LogP contribution in [0, 0.1) is 5.92 Å². The maximum Gasteiger partial charge on any atom is 0.239 e. The van der Waals surface area contributed by atoms with E-state index in [0.717, 1.165) is 11.7 Å². The quantitative estimate of drug-likeness (QED) is 0.691. The average Bonchev–Trinajstić information content (AvgIpc) is 2.52. The third-order valence-corrected chi connectivity index (χ3v) is 2.84. The van der Waals surface area contributed by atoms with E-state index in [9.17, 15) is 0 Å². The zero-order valence-corrected chi connectivity index (χ0v) is 7.95. The van der Waals surface area contributed by atoms with E-state index in [1.165, 1.54) is 25.7 Å². The van der Waals surface area contributed by atoms with Crippen LogP contribution in [0.1, 0.15) is 44.3 Å². The van der Waals surface area contributed by atoms with Crippen LogP contribution in [0.3, 0.4) is 0 Å². The van der Waals surface area contributed by atoms with E-state index >= 15 is 0 Å². The number of nitrogens with one attached hydrogen (secondary N) is 1. The second-order valence-electron chi connectivity index (χ2n) is 4.05. The molecule has 2 unspecified atom stereocenters. The van der Waals surface area contributed by atoms with Crippen molar-refractivity contribution in [3.63, 3.8) is 0 Å². The lowest BCUT2D eigenvalue weighted by Crippen LogP contribution is -2.12. The van der Waals surface area contributed by atoms with Crippen LogP contribution in [0.15, 0.2) is 0 Å². The second-order valence-corrected chi connectivity index (χ2v) is 4.05. The lowest BCUT2D eigenvalue weighted by Gasteiger charge is -2.24.